The van der Waals surface area contributed by atoms with E-state index >= 15 is 0 Å². The molecule has 0 bridgehead atoms. The van der Waals surface area contributed by atoms with E-state index in [-0.39, 0.29) is 6.03 Å². The van der Waals surface area contributed by atoms with E-state index in [1.807, 2.05) is 4.90 Å². The largest absolute Gasteiger partial charge is 0.331 e. The molecule has 0 aromatic carbocycles. The third kappa shape index (κ3) is 2.00. The van der Waals surface area contributed by atoms with Gasteiger partial charge in [0.25, 0.3) is 0 Å². The summed E-state index contributed by atoms with van der Waals surface area (Å²) >= 11 is 0. The number of likely N-dealkylation sites (tertiary alicyclic amines) is 1. The van der Waals surface area contributed by atoms with Crippen molar-refractivity contribution in [2.24, 2.45) is 0 Å². The first kappa shape index (κ1) is 9.10. The van der Waals surface area contributed by atoms with E-state index < -0.39 is 0 Å². The Hall–Kier alpha value is -0.990. The topological polar surface area (TPSA) is 23.6 Å². The summed E-state index contributed by atoms with van der Waals surface area (Å²) < 4.78 is 0. The normalized spacial score (nSPS) is 17.8. The van der Waals surface area contributed by atoms with Gasteiger partial charge in [-0.3, -0.25) is 0 Å². The Morgan fingerprint density at radius 2 is 2.25 bits per heavy atom. The van der Waals surface area contributed by atoms with Crippen LogP contribution in [0, 0.1) is 0 Å². The molecule has 0 aromatic heterocycles. The standard InChI is InChI=1S/C9H16N2O/c1-8-5-4-6-11(7-8)9(12)10(2)3/h1,4-7H2,2-3H3. The van der Waals surface area contributed by atoms with Gasteiger partial charge in [0.1, 0.15) is 0 Å². The Morgan fingerprint density at radius 3 is 2.75 bits per heavy atom. The molecule has 1 heterocycles. The lowest BCUT2D eigenvalue weighted by molar-refractivity contribution is 0.169. The van der Waals surface area contributed by atoms with Crippen LogP contribution in [0.25, 0.3) is 0 Å². The van der Waals surface area contributed by atoms with Crippen molar-refractivity contribution in [3.63, 3.8) is 0 Å². The van der Waals surface area contributed by atoms with Crippen LogP contribution in [0.1, 0.15) is 12.8 Å². The number of urea groups is 1. The van der Waals surface area contributed by atoms with E-state index in [9.17, 15) is 4.79 Å². The fourth-order valence-corrected chi connectivity index (χ4v) is 1.39. The van der Waals surface area contributed by atoms with Crippen molar-refractivity contribution in [2.45, 2.75) is 12.8 Å². The van der Waals surface area contributed by atoms with Gasteiger partial charge in [0.2, 0.25) is 0 Å². The summed E-state index contributed by atoms with van der Waals surface area (Å²) in [5.74, 6) is 0. The van der Waals surface area contributed by atoms with Crippen LogP contribution < -0.4 is 0 Å². The molecule has 2 amide bonds. The second-order valence-corrected chi connectivity index (χ2v) is 3.45. The Bertz CT molecular complexity index is 199. The number of rotatable bonds is 0. The van der Waals surface area contributed by atoms with Gasteiger partial charge in [-0.05, 0) is 12.8 Å². The Balaban J connectivity index is 2.51. The van der Waals surface area contributed by atoms with Gasteiger partial charge < -0.3 is 9.80 Å². The molecule has 1 rings (SSSR count). The lowest BCUT2D eigenvalue weighted by Crippen LogP contribution is -2.42. The maximum absolute atomic E-state index is 11.5. The number of nitrogens with zero attached hydrogens (tertiary/aromatic N) is 2. The van der Waals surface area contributed by atoms with Crippen LogP contribution in [0.5, 0.6) is 0 Å². The van der Waals surface area contributed by atoms with E-state index in [4.69, 9.17) is 0 Å². The van der Waals surface area contributed by atoms with E-state index in [2.05, 4.69) is 6.58 Å². The molecule has 0 spiro atoms. The maximum Gasteiger partial charge on any atom is 0.319 e. The van der Waals surface area contributed by atoms with Gasteiger partial charge in [0.15, 0.2) is 0 Å². The first-order valence-corrected chi connectivity index (χ1v) is 4.24. The number of carbonyl (C=O) groups excluding carboxylic acids is 1. The Morgan fingerprint density at radius 1 is 1.58 bits per heavy atom. The van der Waals surface area contributed by atoms with Crippen LogP contribution in [0.3, 0.4) is 0 Å². The van der Waals surface area contributed by atoms with Crippen molar-refractivity contribution in [1.29, 1.82) is 0 Å². The summed E-state index contributed by atoms with van der Waals surface area (Å²) in [6, 6.07) is 0.0934. The predicted molar refractivity (Wildman–Crippen MR) is 49.0 cm³/mol. The van der Waals surface area contributed by atoms with Crippen molar-refractivity contribution in [3.8, 4) is 0 Å². The second kappa shape index (κ2) is 3.61. The van der Waals surface area contributed by atoms with E-state index in [1.54, 1.807) is 19.0 Å². The molecule has 1 aliphatic heterocycles. The zero-order valence-electron chi connectivity index (χ0n) is 7.84. The average Bonchev–Trinajstić information content (AvgIpc) is 2.03. The van der Waals surface area contributed by atoms with Crippen molar-refractivity contribution < 1.29 is 4.79 Å². The van der Waals surface area contributed by atoms with Gasteiger partial charge in [-0.25, -0.2) is 4.79 Å². The lowest BCUT2D eigenvalue weighted by Gasteiger charge is -2.30. The number of hydrogen-bond donors (Lipinski definition) is 0. The zero-order chi connectivity index (χ0) is 9.14. The zero-order valence-corrected chi connectivity index (χ0v) is 7.84. The minimum Gasteiger partial charge on any atom is -0.331 e. The second-order valence-electron chi connectivity index (χ2n) is 3.45. The lowest BCUT2D eigenvalue weighted by atomic mass is 10.1. The van der Waals surface area contributed by atoms with Crippen LogP contribution in [-0.2, 0) is 0 Å². The van der Waals surface area contributed by atoms with Crippen molar-refractivity contribution in [1.82, 2.24) is 9.80 Å². The predicted octanol–water partition coefficient (Wildman–Crippen LogP) is 1.32. The summed E-state index contributed by atoms with van der Waals surface area (Å²) in [4.78, 5) is 14.9. The Labute approximate surface area is 73.6 Å². The van der Waals surface area contributed by atoms with Gasteiger partial charge in [-0.1, -0.05) is 12.2 Å². The molecule has 0 saturated carbocycles. The summed E-state index contributed by atoms with van der Waals surface area (Å²) in [7, 11) is 3.55. The van der Waals surface area contributed by atoms with Crippen LogP contribution in [0.2, 0.25) is 0 Å². The van der Waals surface area contributed by atoms with Gasteiger partial charge in [0.05, 0.1) is 0 Å². The summed E-state index contributed by atoms with van der Waals surface area (Å²) in [6.07, 6.45) is 2.12. The monoisotopic (exact) mass is 168 g/mol. The fourth-order valence-electron chi connectivity index (χ4n) is 1.39. The van der Waals surface area contributed by atoms with Crippen LogP contribution in [-0.4, -0.2) is 43.0 Å². The van der Waals surface area contributed by atoms with Crippen molar-refractivity contribution in [2.75, 3.05) is 27.2 Å². The maximum atomic E-state index is 11.5. The first-order valence-electron chi connectivity index (χ1n) is 4.24. The quantitative estimate of drug-likeness (QED) is 0.500. The minimum absolute atomic E-state index is 0.0934. The average molecular weight is 168 g/mol. The first-order chi connectivity index (χ1) is 5.61. The summed E-state index contributed by atoms with van der Waals surface area (Å²) in [6.45, 7) is 5.50. The minimum atomic E-state index is 0.0934. The molecule has 1 aliphatic rings. The highest BCUT2D eigenvalue weighted by Crippen LogP contribution is 2.13. The number of carbonyl (C=O) groups is 1. The van der Waals surface area contributed by atoms with Crippen LogP contribution >= 0.6 is 0 Å². The number of amides is 2. The van der Waals surface area contributed by atoms with Crippen molar-refractivity contribution >= 4 is 6.03 Å². The molecular formula is C9H16N2O. The van der Waals surface area contributed by atoms with Crippen molar-refractivity contribution in [3.05, 3.63) is 12.2 Å². The van der Waals surface area contributed by atoms with Crippen LogP contribution in [0.4, 0.5) is 4.79 Å². The molecule has 0 atom stereocenters. The number of hydrogen-bond acceptors (Lipinski definition) is 1. The van der Waals surface area contributed by atoms with E-state index in [0.29, 0.717) is 0 Å². The molecule has 0 radical (unpaired) electrons. The van der Waals surface area contributed by atoms with E-state index in [0.717, 1.165) is 31.5 Å². The van der Waals surface area contributed by atoms with Gasteiger partial charge >= 0.3 is 6.03 Å². The molecule has 1 fully saturated rings. The number of piperidine rings is 1. The highest BCUT2D eigenvalue weighted by atomic mass is 16.2. The van der Waals surface area contributed by atoms with Gasteiger partial charge in [-0.2, -0.15) is 0 Å². The Kier molecular flexibility index (Phi) is 2.74. The third-order valence-electron chi connectivity index (χ3n) is 2.03. The molecule has 0 N–H and O–H groups in total. The SMILES string of the molecule is C=C1CCCN(C(=O)N(C)C)C1. The molecule has 3 nitrogen and oxygen atoms in total. The summed E-state index contributed by atoms with van der Waals surface area (Å²) in [5, 5.41) is 0. The molecule has 68 valence electrons. The third-order valence-corrected chi connectivity index (χ3v) is 2.03. The van der Waals surface area contributed by atoms with Gasteiger partial charge in [0, 0.05) is 27.2 Å². The molecule has 1 saturated heterocycles. The van der Waals surface area contributed by atoms with E-state index in [1.165, 1.54) is 0 Å². The van der Waals surface area contributed by atoms with Gasteiger partial charge in [-0.15, -0.1) is 0 Å². The highest BCUT2D eigenvalue weighted by molar-refractivity contribution is 5.74. The molecular weight excluding hydrogens is 152 g/mol. The van der Waals surface area contributed by atoms with Crippen LogP contribution in [0.15, 0.2) is 12.2 Å². The highest BCUT2D eigenvalue weighted by Gasteiger charge is 2.19. The molecule has 3 heteroatoms. The smallest absolute Gasteiger partial charge is 0.319 e. The molecule has 12 heavy (non-hydrogen) atoms. The summed E-state index contributed by atoms with van der Waals surface area (Å²) in [5.41, 5.74) is 1.16. The molecule has 0 unspecified atom stereocenters. The molecule has 0 aromatic rings. The fraction of sp³-hybridized carbons (Fsp3) is 0.667. The molecule has 0 aliphatic carbocycles.